The molecule has 4 N–H and O–H groups in total. The zero-order valence-corrected chi connectivity index (χ0v) is 8.11. The minimum absolute atomic E-state index is 0.0767. The second kappa shape index (κ2) is 4.48. The van der Waals surface area contributed by atoms with Gasteiger partial charge in [0.25, 0.3) is 0 Å². The van der Waals surface area contributed by atoms with Crippen LogP contribution in [0.4, 0.5) is 5.69 Å². The number of benzene rings is 1. The van der Waals surface area contributed by atoms with Crippen LogP contribution >= 0.6 is 0 Å². The van der Waals surface area contributed by atoms with Gasteiger partial charge < -0.3 is 10.5 Å². The molecule has 0 unspecified atom stereocenters. The molecule has 1 rings (SSSR count). The molecule has 1 aromatic carbocycles. The Bertz CT molecular complexity index is 350. The Labute approximate surface area is 82.2 Å². The van der Waals surface area contributed by atoms with Crippen molar-refractivity contribution in [3.63, 3.8) is 0 Å². The van der Waals surface area contributed by atoms with Crippen molar-refractivity contribution < 1.29 is 9.94 Å². The number of aryl methyl sites for hydroxylation is 1. The molecule has 0 aliphatic heterocycles. The number of methoxy groups -OCH3 is 1. The van der Waals surface area contributed by atoms with Crippen molar-refractivity contribution in [2.45, 2.75) is 6.92 Å². The zero-order valence-electron chi connectivity index (χ0n) is 8.11. The van der Waals surface area contributed by atoms with Gasteiger partial charge in [0.1, 0.15) is 11.4 Å². The van der Waals surface area contributed by atoms with Gasteiger partial charge in [-0.2, -0.15) is 0 Å². The van der Waals surface area contributed by atoms with E-state index < -0.39 is 0 Å². The van der Waals surface area contributed by atoms with Gasteiger partial charge in [0, 0.05) is 0 Å². The van der Waals surface area contributed by atoms with Crippen molar-refractivity contribution in [2.24, 2.45) is 10.7 Å². The number of nitrogens with zero attached hydrogens (tertiary/aromatic N) is 1. The van der Waals surface area contributed by atoms with E-state index in [1.54, 1.807) is 18.7 Å². The van der Waals surface area contributed by atoms with Gasteiger partial charge in [-0.3, -0.25) is 5.21 Å². The van der Waals surface area contributed by atoms with Crippen molar-refractivity contribution in [1.82, 2.24) is 5.48 Å². The van der Waals surface area contributed by atoms with Gasteiger partial charge in [-0.25, -0.2) is 10.5 Å². The molecular formula is C9H13N3O2. The van der Waals surface area contributed by atoms with Crippen molar-refractivity contribution in [2.75, 3.05) is 7.11 Å². The molecule has 0 amide bonds. The van der Waals surface area contributed by atoms with Crippen molar-refractivity contribution in [3.8, 4) is 5.75 Å². The van der Waals surface area contributed by atoms with Gasteiger partial charge in [-0.05, 0) is 24.6 Å². The van der Waals surface area contributed by atoms with Crippen LogP contribution in [0.25, 0.3) is 0 Å². The Hall–Kier alpha value is -1.75. The van der Waals surface area contributed by atoms with Crippen molar-refractivity contribution >= 4 is 11.6 Å². The first-order valence-electron chi connectivity index (χ1n) is 4.06. The zero-order chi connectivity index (χ0) is 10.6. The summed E-state index contributed by atoms with van der Waals surface area (Å²) in [7, 11) is 1.55. The lowest BCUT2D eigenvalue weighted by Gasteiger charge is -2.05. The number of hydrogen-bond acceptors (Lipinski definition) is 3. The van der Waals surface area contributed by atoms with Gasteiger partial charge in [0.15, 0.2) is 0 Å². The van der Waals surface area contributed by atoms with E-state index in [9.17, 15) is 0 Å². The Kier molecular flexibility index (Phi) is 3.30. The van der Waals surface area contributed by atoms with Crippen LogP contribution in [0.1, 0.15) is 5.56 Å². The second-order valence-electron chi connectivity index (χ2n) is 2.78. The van der Waals surface area contributed by atoms with Crippen LogP contribution in [0.5, 0.6) is 5.75 Å². The molecule has 5 heteroatoms. The largest absolute Gasteiger partial charge is 0.494 e. The van der Waals surface area contributed by atoms with E-state index in [1.807, 2.05) is 19.1 Å². The fourth-order valence-electron chi connectivity index (χ4n) is 1.03. The molecule has 14 heavy (non-hydrogen) atoms. The number of aliphatic imine (C=N–C) groups is 1. The third-order valence-corrected chi connectivity index (χ3v) is 1.69. The SMILES string of the molecule is COc1cc(C)ccc1N=C(N)NO. The normalized spacial score (nSPS) is 11.2. The fraction of sp³-hybridized carbons (Fsp3) is 0.222. The fourth-order valence-corrected chi connectivity index (χ4v) is 1.03. The molecule has 0 atom stereocenters. The minimum atomic E-state index is -0.0767. The highest BCUT2D eigenvalue weighted by Gasteiger charge is 2.01. The third-order valence-electron chi connectivity index (χ3n) is 1.69. The lowest BCUT2D eigenvalue weighted by Crippen LogP contribution is -2.27. The number of hydroxylamine groups is 1. The molecule has 0 spiro atoms. The number of ether oxygens (including phenoxy) is 1. The molecule has 0 bridgehead atoms. The Morgan fingerprint density at radius 1 is 1.57 bits per heavy atom. The van der Waals surface area contributed by atoms with E-state index in [2.05, 4.69) is 4.99 Å². The van der Waals surface area contributed by atoms with Crippen molar-refractivity contribution in [1.29, 1.82) is 0 Å². The van der Waals surface area contributed by atoms with E-state index in [0.29, 0.717) is 11.4 Å². The third kappa shape index (κ3) is 2.37. The van der Waals surface area contributed by atoms with E-state index in [4.69, 9.17) is 15.7 Å². The van der Waals surface area contributed by atoms with E-state index in [0.717, 1.165) is 5.56 Å². The second-order valence-corrected chi connectivity index (χ2v) is 2.78. The summed E-state index contributed by atoms with van der Waals surface area (Å²) >= 11 is 0. The molecule has 0 heterocycles. The van der Waals surface area contributed by atoms with Crippen LogP contribution in [0.2, 0.25) is 0 Å². The molecule has 0 aliphatic carbocycles. The predicted molar refractivity (Wildman–Crippen MR) is 53.9 cm³/mol. The summed E-state index contributed by atoms with van der Waals surface area (Å²) in [6, 6.07) is 5.48. The van der Waals surface area contributed by atoms with E-state index >= 15 is 0 Å². The standard InChI is InChI=1S/C9H13N3O2/c1-6-3-4-7(8(5-6)14-2)11-9(10)12-13/h3-5,13H,1-2H3,(H3,10,11,12). The summed E-state index contributed by atoms with van der Waals surface area (Å²) in [6.45, 7) is 1.95. The highest BCUT2D eigenvalue weighted by atomic mass is 16.5. The summed E-state index contributed by atoms with van der Waals surface area (Å²) in [4.78, 5) is 3.90. The maximum Gasteiger partial charge on any atom is 0.218 e. The molecule has 76 valence electrons. The van der Waals surface area contributed by atoms with Crippen molar-refractivity contribution in [3.05, 3.63) is 23.8 Å². The first-order valence-corrected chi connectivity index (χ1v) is 4.06. The molecule has 1 aromatic rings. The first kappa shape index (κ1) is 10.3. The van der Waals surface area contributed by atoms with Crippen LogP contribution in [0, 0.1) is 6.92 Å². The molecule has 0 fully saturated rings. The average molecular weight is 195 g/mol. The summed E-state index contributed by atoms with van der Waals surface area (Å²) < 4.78 is 5.10. The monoisotopic (exact) mass is 195 g/mol. The van der Waals surface area contributed by atoms with Crippen LogP contribution in [-0.4, -0.2) is 18.3 Å². The maximum atomic E-state index is 8.47. The number of nitrogens with one attached hydrogen (secondary N) is 1. The summed E-state index contributed by atoms with van der Waals surface area (Å²) in [5, 5.41) is 8.47. The van der Waals surface area contributed by atoms with E-state index in [-0.39, 0.29) is 5.96 Å². The Morgan fingerprint density at radius 3 is 2.86 bits per heavy atom. The average Bonchev–Trinajstić information content (AvgIpc) is 2.20. The number of nitrogens with two attached hydrogens (primary N) is 1. The van der Waals surface area contributed by atoms with Crippen LogP contribution in [0.15, 0.2) is 23.2 Å². The highest BCUT2D eigenvalue weighted by Crippen LogP contribution is 2.27. The maximum absolute atomic E-state index is 8.47. The van der Waals surface area contributed by atoms with Crippen LogP contribution in [0.3, 0.4) is 0 Å². The minimum Gasteiger partial charge on any atom is -0.494 e. The van der Waals surface area contributed by atoms with Gasteiger partial charge in [-0.1, -0.05) is 6.07 Å². The number of rotatable bonds is 2. The smallest absolute Gasteiger partial charge is 0.218 e. The van der Waals surface area contributed by atoms with Gasteiger partial charge in [0.05, 0.1) is 7.11 Å². The van der Waals surface area contributed by atoms with E-state index in [1.165, 1.54) is 0 Å². The Morgan fingerprint density at radius 2 is 2.29 bits per heavy atom. The summed E-state index contributed by atoms with van der Waals surface area (Å²) in [5.41, 5.74) is 8.68. The molecule has 0 saturated carbocycles. The quantitative estimate of drug-likeness (QED) is 0.372. The number of guanidine groups is 1. The highest BCUT2D eigenvalue weighted by molar-refractivity contribution is 5.80. The Balaban J connectivity index is 3.08. The molecule has 0 saturated heterocycles. The van der Waals surface area contributed by atoms with Gasteiger partial charge >= 0.3 is 0 Å². The van der Waals surface area contributed by atoms with Gasteiger partial charge in [0.2, 0.25) is 5.96 Å². The number of hydrogen-bond donors (Lipinski definition) is 3. The molecule has 0 aliphatic rings. The predicted octanol–water partition coefficient (Wildman–Crippen LogP) is 0.929. The molecule has 0 aromatic heterocycles. The van der Waals surface area contributed by atoms with Gasteiger partial charge in [-0.15, -0.1) is 0 Å². The molecule has 0 radical (unpaired) electrons. The first-order chi connectivity index (χ1) is 6.67. The summed E-state index contributed by atoms with van der Waals surface area (Å²) in [5.74, 6) is 0.537. The molecule has 5 nitrogen and oxygen atoms in total. The summed E-state index contributed by atoms with van der Waals surface area (Å²) in [6.07, 6.45) is 0. The topological polar surface area (TPSA) is 79.9 Å². The van der Waals surface area contributed by atoms with Crippen LogP contribution < -0.4 is 16.0 Å². The van der Waals surface area contributed by atoms with Crippen LogP contribution in [-0.2, 0) is 0 Å². The lowest BCUT2D eigenvalue weighted by atomic mass is 10.2. The lowest BCUT2D eigenvalue weighted by molar-refractivity contribution is 0.233. The molecular weight excluding hydrogens is 182 g/mol.